The van der Waals surface area contributed by atoms with Gasteiger partial charge in [-0.15, -0.1) is 11.6 Å². The lowest BCUT2D eigenvalue weighted by molar-refractivity contribution is 0.306. The Morgan fingerprint density at radius 3 is 2.36 bits per heavy atom. The van der Waals surface area contributed by atoms with E-state index in [0.717, 1.165) is 12.8 Å². The third-order valence-corrected chi connectivity index (χ3v) is 4.48. The zero-order valence-electron chi connectivity index (χ0n) is 12.8. The maximum atomic E-state index is 12.5. The Bertz CT molecular complexity index is 753. The lowest BCUT2D eigenvalue weighted by Crippen LogP contribution is -2.22. The Balaban J connectivity index is 2.80. The zero-order valence-corrected chi connectivity index (χ0v) is 15.0. The summed E-state index contributed by atoms with van der Waals surface area (Å²) in [5, 5.41) is 1.49. The minimum absolute atomic E-state index is 0.168. The molecule has 0 aliphatic heterocycles. The number of aromatic nitrogens is 1. The highest BCUT2D eigenvalue weighted by atomic mass is 35.5. The van der Waals surface area contributed by atoms with Crippen LogP contribution in [0.1, 0.15) is 37.8 Å². The Hall–Kier alpha value is -0.900. The minimum Gasteiger partial charge on any atom is -0.491 e. The summed E-state index contributed by atoms with van der Waals surface area (Å²) in [6.45, 7) is 4.46. The molecule has 0 radical (unpaired) electrons. The molecule has 2 rings (SSSR count). The summed E-state index contributed by atoms with van der Waals surface area (Å²) in [5.41, 5.74) is 0.479. The van der Waals surface area contributed by atoms with Crippen LogP contribution in [0.5, 0.6) is 5.75 Å². The van der Waals surface area contributed by atoms with Gasteiger partial charge in [0, 0.05) is 12.4 Å². The van der Waals surface area contributed by atoms with E-state index in [0.29, 0.717) is 38.9 Å². The third kappa shape index (κ3) is 3.22. The first-order valence-electron chi connectivity index (χ1n) is 7.17. The third-order valence-electron chi connectivity index (χ3n) is 3.56. The van der Waals surface area contributed by atoms with Crippen molar-refractivity contribution in [1.82, 2.24) is 4.57 Å². The molecule has 1 aromatic heterocycles. The SMILES string of the molecule is CCCCOc1c(C(C)Cl)n(C)c(=O)c2cc(Cl)c(Cl)cc12. The fraction of sp³-hybridized carbons (Fsp3) is 0.438. The summed E-state index contributed by atoms with van der Waals surface area (Å²) in [7, 11) is 1.69. The molecule has 0 amide bonds. The van der Waals surface area contributed by atoms with Crippen molar-refractivity contribution in [1.29, 1.82) is 0 Å². The summed E-state index contributed by atoms with van der Waals surface area (Å²) in [6, 6.07) is 3.25. The molecule has 0 N–H and O–H groups in total. The number of halogens is 3. The van der Waals surface area contributed by atoms with Crippen LogP contribution in [-0.2, 0) is 7.05 Å². The highest BCUT2D eigenvalue weighted by molar-refractivity contribution is 6.42. The fourth-order valence-electron chi connectivity index (χ4n) is 2.41. The van der Waals surface area contributed by atoms with Crippen LogP contribution in [-0.4, -0.2) is 11.2 Å². The molecule has 0 bridgehead atoms. The molecule has 1 atom stereocenters. The maximum Gasteiger partial charge on any atom is 0.258 e. The summed E-state index contributed by atoms with van der Waals surface area (Å²) in [6.07, 6.45) is 1.93. The van der Waals surface area contributed by atoms with Gasteiger partial charge in [-0.25, -0.2) is 0 Å². The number of benzene rings is 1. The second-order valence-electron chi connectivity index (χ2n) is 5.21. The van der Waals surface area contributed by atoms with Crippen LogP contribution < -0.4 is 10.3 Å². The molecule has 0 aliphatic rings. The van der Waals surface area contributed by atoms with Crippen molar-refractivity contribution in [2.45, 2.75) is 32.1 Å². The first kappa shape index (κ1) is 17.5. The van der Waals surface area contributed by atoms with Gasteiger partial charge >= 0.3 is 0 Å². The molecule has 3 nitrogen and oxygen atoms in total. The van der Waals surface area contributed by atoms with Crippen LogP contribution in [0.3, 0.4) is 0 Å². The summed E-state index contributed by atoms with van der Waals surface area (Å²) in [4.78, 5) is 12.5. The van der Waals surface area contributed by atoms with Crippen molar-refractivity contribution in [3.63, 3.8) is 0 Å². The molecular formula is C16H18Cl3NO2. The predicted molar refractivity (Wildman–Crippen MR) is 93.9 cm³/mol. The summed E-state index contributed by atoms with van der Waals surface area (Å²) >= 11 is 18.4. The van der Waals surface area contributed by atoms with Crippen molar-refractivity contribution in [3.05, 3.63) is 38.2 Å². The number of fused-ring (bicyclic) bond motifs is 1. The van der Waals surface area contributed by atoms with E-state index in [-0.39, 0.29) is 10.9 Å². The molecule has 22 heavy (non-hydrogen) atoms. The van der Waals surface area contributed by atoms with Crippen molar-refractivity contribution < 1.29 is 4.74 Å². The number of alkyl halides is 1. The number of rotatable bonds is 5. The first-order chi connectivity index (χ1) is 10.4. The lowest BCUT2D eigenvalue weighted by Gasteiger charge is -2.19. The van der Waals surface area contributed by atoms with Crippen LogP contribution in [0.4, 0.5) is 0 Å². The molecule has 0 saturated carbocycles. The number of hydrogen-bond acceptors (Lipinski definition) is 2. The Morgan fingerprint density at radius 1 is 1.23 bits per heavy atom. The molecule has 2 aromatic rings. The number of hydrogen-bond donors (Lipinski definition) is 0. The molecule has 1 aromatic carbocycles. The van der Waals surface area contributed by atoms with E-state index >= 15 is 0 Å². The van der Waals surface area contributed by atoms with Crippen LogP contribution in [0, 0.1) is 0 Å². The van der Waals surface area contributed by atoms with E-state index in [2.05, 4.69) is 6.92 Å². The van der Waals surface area contributed by atoms with Gasteiger partial charge in [0.05, 0.1) is 33.1 Å². The zero-order chi connectivity index (χ0) is 16.4. The van der Waals surface area contributed by atoms with Crippen LogP contribution in [0.25, 0.3) is 10.8 Å². The second-order valence-corrected chi connectivity index (χ2v) is 6.68. The van der Waals surface area contributed by atoms with Crippen molar-refractivity contribution in [2.24, 2.45) is 7.05 Å². The fourth-order valence-corrected chi connectivity index (χ4v) is 2.98. The second kappa shape index (κ2) is 7.12. The highest BCUT2D eigenvalue weighted by Crippen LogP contribution is 2.37. The minimum atomic E-state index is -0.367. The van der Waals surface area contributed by atoms with Gasteiger partial charge in [0.2, 0.25) is 0 Å². The largest absolute Gasteiger partial charge is 0.491 e. The van der Waals surface area contributed by atoms with Crippen LogP contribution >= 0.6 is 34.8 Å². The van der Waals surface area contributed by atoms with Gasteiger partial charge in [-0.3, -0.25) is 4.79 Å². The molecule has 0 fully saturated rings. The van der Waals surface area contributed by atoms with Gasteiger partial charge in [0.1, 0.15) is 5.75 Å². The van der Waals surface area contributed by atoms with Gasteiger partial charge in [-0.2, -0.15) is 0 Å². The number of nitrogens with zero attached hydrogens (tertiary/aromatic N) is 1. The molecule has 120 valence electrons. The van der Waals surface area contributed by atoms with E-state index in [4.69, 9.17) is 39.5 Å². The first-order valence-corrected chi connectivity index (χ1v) is 8.36. The molecule has 0 aliphatic carbocycles. The molecule has 0 saturated heterocycles. The molecule has 1 heterocycles. The molecule has 0 spiro atoms. The van der Waals surface area contributed by atoms with Crippen molar-refractivity contribution >= 4 is 45.6 Å². The van der Waals surface area contributed by atoms with Gasteiger partial charge in [0.15, 0.2) is 0 Å². The summed E-state index contributed by atoms with van der Waals surface area (Å²) in [5.74, 6) is 0.603. The highest BCUT2D eigenvalue weighted by Gasteiger charge is 2.20. The van der Waals surface area contributed by atoms with Gasteiger partial charge in [0.25, 0.3) is 5.56 Å². The standard InChI is InChI=1S/C16H18Cl3NO2/c1-4-5-6-22-15-10-7-12(18)13(19)8-11(10)16(21)20(3)14(15)9(2)17/h7-9H,4-6H2,1-3H3. The molecular weight excluding hydrogens is 345 g/mol. The summed E-state index contributed by atoms with van der Waals surface area (Å²) < 4.78 is 7.46. The van der Waals surface area contributed by atoms with E-state index in [1.807, 2.05) is 6.92 Å². The quantitative estimate of drug-likeness (QED) is 0.532. The van der Waals surface area contributed by atoms with E-state index in [1.54, 1.807) is 19.2 Å². The maximum absolute atomic E-state index is 12.5. The van der Waals surface area contributed by atoms with Gasteiger partial charge < -0.3 is 9.30 Å². The average molecular weight is 363 g/mol. The smallest absolute Gasteiger partial charge is 0.258 e. The van der Waals surface area contributed by atoms with Crippen LogP contribution in [0.2, 0.25) is 10.0 Å². The molecule has 1 unspecified atom stereocenters. The van der Waals surface area contributed by atoms with Gasteiger partial charge in [-0.1, -0.05) is 36.5 Å². The Morgan fingerprint density at radius 2 is 1.82 bits per heavy atom. The number of unbranched alkanes of at least 4 members (excludes halogenated alkanes) is 1. The lowest BCUT2D eigenvalue weighted by atomic mass is 10.1. The number of pyridine rings is 1. The van der Waals surface area contributed by atoms with Gasteiger partial charge in [-0.05, 0) is 25.5 Å². The van der Waals surface area contributed by atoms with E-state index < -0.39 is 0 Å². The van der Waals surface area contributed by atoms with Crippen LogP contribution in [0.15, 0.2) is 16.9 Å². The van der Waals surface area contributed by atoms with Crippen molar-refractivity contribution in [3.8, 4) is 5.75 Å². The average Bonchev–Trinajstić information content (AvgIpc) is 2.46. The molecule has 6 heteroatoms. The monoisotopic (exact) mass is 361 g/mol. The topological polar surface area (TPSA) is 31.2 Å². The number of ether oxygens (including phenoxy) is 1. The van der Waals surface area contributed by atoms with Crippen molar-refractivity contribution in [2.75, 3.05) is 6.61 Å². The Labute approximate surface area is 144 Å². The van der Waals surface area contributed by atoms with E-state index in [1.165, 1.54) is 4.57 Å². The predicted octanol–water partition coefficient (Wildman–Crippen LogP) is 5.32. The van der Waals surface area contributed by atoms with E-state index in [9.17, 15) is 4.79 Å². The Kier molecular flexibility index (Phi) is 5.65. The normalized spacial score (nSPS) is 12.6.